The predicted molar refractivity (Wildman–Crippen MR) is 95.8 cm³/mol. The van der Waals surface area contributed by atoms with Gasteiger partial charge in [0.05, 0.1) is 7.11 Å². The molecule has 0 aliphatic rings. The van der Waals surface area contributed by atoms with E-state index in [9.17, 15) is 4.79 Å². The Morgan fingerprint density at radius 2 is 1.71 bits per heavy atom. The van der Waals surface area contributed by atoms with Crippen LogP contribution in [0, 0.1) is 0 Å². The van der Waals surface area contributed by atoms with Crippen molar-refractivity contribution in [2.24, 2.45) is 0 Å². The van der Waals surface area contributed by atoms with E-state index >= 15 is 0 Å². The minimum absolute atomic E-state index is 0.361. The Hall–Kier alpha value is -3.07. The molecule has 0 saturated carbocycles. The maximum atomic E-state index is 11.2. The van der Waals surface area contributed by atoms with Crippen LogP contribution in [-0.2, 0) is 16.1 Å². The molecule has 3 aromatic rings. The first-order valence-electron chi connectivity index (χ1n) is 7.71. The summed E-state index contributed by atoms with van der Waals surface area (Å²) in [6.07, 6.45) is 3.16. The predicted octanol–water partition coefficient (Wildman–Crippen LogP) is 4.61. The van der Waals surface area contributed by atoms with Crippen LogP contribution < -0.4 is 4.74 Å². The lowest BCUT2D eigenvalue weighted by atomic mass is 10.1. The van der Waals surface area contributed by atoms with E-state index in [2.05, 4.69) is 4.74 Å². The summed E-state index contributed by atoms with van der Waals surface area (Å²) in [7, 11) is 1.37. The first-order valence-corrected chi connectivity index (χ1v) is 7.71. The molecule has 0 radical (unpaired) electrons. The van der Waals surface area contributed by atoms with Crippen molar-refractivity contribution in [3.05, 3.63) is 83.9 Å². The van der Waals surface area contributed by atoms with Crippen molar-refractivity contribution in [3.8, 4) is 5.75 Å². The molecule has 0 aliphatic carbocycles. The molecule has 120 valence electrons. The van der Waals surface area contributed by atoms with Crippen LogP contribution in [-0.4, -0.2) is 13.1 Å². The molecular weight excluding hydrogens is 300 g/mol. The van der Waals surface area contributed by atoms with Crippen LogP contribution in [0.1, 0.15) is 11.1 Å². The molecule has 24 heavy (non-hydrogen) atoms. The van der Waals surface area contributed by atoms with Crippen LogP contribution in [0.25, 0.3) is 16.8 Å². The fraction of sp³-hybridized carbons (Fsp3) is 0.0952. The number of rotatable bonds is 5. The average Bonchev–Trinajstić information content (AvgIpc) is 2.65. The number of benzene rings is 3. The molecule has 0 unspecified atom stereocenters. The lowest BCUT2D eigenvalue weighted by Gasteiger charge is -2.08. The van der Waals surface area contributed by atoms with Gasteiger partial charge in [-0.3, -0.25) is 0 Å². The minimum Gasteiger partial charge on any atom is -0.489 e. The molecule has 0 aliphatic heterocycles. The molecule has 0 saturated heterocycles. The molecule has 3 heteroatoms. The summed E-state index contributed by atoms with van der Waals surface area (Å²) in [5.74, 6) is 0.476. The summed E-state index contributed by atoms with van der Waals surface area (Å²) in [5, 5.41) is 2.19. The number of methoxy groups -OCH3 is 1. The third-order valence-corrected chi connectivity index (χ3v) is 3.70. The number of carbonyl (C=O) groups is 1. The highest BCUT2D eigenvalue weighted by atomic mass is 16.5. The Bertz CT molecular complexity index is 867. The van der Waals surface area contributed by atoms with E-state index in [0.29, 0.717) is 6.61 Å². The fourth-order valence-corrected chi connectivity index (χ4v) is 2.41. The highest BCUT2D eigenvalue weighted by molar-refractivity contribution is 5.90. The van der Waals surface area contributed by atoms with Crippen molar-refractivity contribution in [1.82, 2.24) is 0 Å². The van der Waals surface area contributed by atoms with Crippen LogP contribution in [0.3, 0.4) is 0 Å². The normalized spacial score (nSPS) is 10.9. The molecule has 3 aromatic carbocycles. The van der Waals surface area contributed by atoms with E-state index < -0.39 is 0 Å². The van der Waals surface area contributed by atoms with Crippen molar-refractivity contribution in [2.45, 2.75) is 6.61 Å². The smallest absolute Gasteiger partial charge is 0.330 e. The summed E-state index contributed by atoms with van der Waals surface area (Å²) < 4.78 is 10.4. The zero-order valence-corrected chi connectivity index (χ0v) is 13.4. The summed E-state index contributed by atoms with van der Waals surface area (Å²) in [6.45, 7) is 0.548. The molecule has 0 spiro atoms. The van der Waals surface area contributed by atoms with E-state index in [0.717, 1.165) is 27.6 Å². The van der Waals surface area contributed by atoms with E-state index in [1.165, 1.54) is 13.2 Å². The Morgan fingerprint density at radius 3 is 2.50 bits per heavy atom. The Morgan fingerprint density at radius 1 is 0.958 bits per heavy atom. The summed E-state index contributed by atoms with van der Waals surface area (Å²) in [4.78, 5) is 11.2. The second-order valence-corrected chi connectivity index (χ2v) is 5.40. The van der Waals surface area contributed by atoms with Gasteiger partial charge in [-0.15, -0.1) is 0 Å². The lowest BCUT2D eigenvalue weighted by Crippen LogP contribution is -1.94. The van der Waals surface area contributed by atoms with Crippen molar-refractivity contribution >= 4 is 22.8 Å². The molecular formula is C21H18O3. The van der Waals surface area contributed by atoms with Gasteiger partial charge < -0.3 is 9.47 Å². The van der Waals surface area contributed by atoms with Crippen LogP contribution in [0.15, 0.2) is 72.8 Å². The van der Waals surface area contributed by atoms with Crippen LogP contribution in [0.2, 0.25) is 0 Å². The molecule has 0 N–H and O–H groups in total. The highest BCUT2D eigenvalue weighted by Crippen LogP contribution is 2.23. The number of esters is 1. The van der Waals surface area contributed by atoms with Crippen molar-refractivity contribution in [3.63, 3.8) is 0 Å². The zero-order chi connectivity index (χ0) is 16.8. The van der Waals surface area contributed by atoms with Gasteiger partial charge >= 0.3 is 5.97 Å². The SMILES string of the molecule is COC(=O)C=Cc1ccc2cc(OCc3ccccc3)ccc2c1. The zero-order valence-electron chi connectivity index (χ0n) is 13.4. The molecule has 0 fully saturated rings. The molecule has 0 heterocycles. The van der Waals surface area contributed by atoms with Gasteiger partial charge in [0.1, 0.15) is 12.4 Å². The third-order valence-electron chi connectivity index (χ3n) is 3.70. The van der Waals surface area contributed by atoms with E-state index in [4.69, 9.17) is 4.74 Å². The van der Waals surface area contributed by atoms with Gasteiger partial charge in [-0.2, -0.15) is 0 Å². The summed E-state index contributed by atoms with van der Waals surface area (Å²) in [6, 6.07) is 22.1. The van der Waals surface area contributed by atoms with Crippen molar-refractivity contribution in [2.75, 3.05) is 7.11 Å². The fourth-order valence-electron chi connectivity index (χ4n) is 2.41. The summed E-state index contributed by atoms with van der Waals surface area (Å²) in [5.41, 5.74) is 2.09. The highest BCUT2D eigenvalue weighted by Gasteiger charge is 2.00. The number of ether oxygens (including phenoxy) is 2. The maximum absolute atomic E-state index is 11.2. The number of hydrogen-bond acceptors (Lipinski definition) is 3. The second kappa shape index (κ2) is 7.47. The van der Waals surface area contributed by atoms with Gasteiger partial charge in [-0.1, -0.05) is 48.5 Å². The Kier molecular flexibility index (Phi) is 4.92. The monoisotopic (exact) mass is 318 g/mol. The average molecular weight is 318 g/mol. The quantitative estimate of drug-likeness (QED) is 0.509. The molecule has 3 nitrogen and oxygen atoms in total. The van der Waals surface area contributed by atoms with E-state index in [-0.39, 0.29) is 5.97 Å². The van der Waals surface area contributed by atoms with E-state index in [1.54, 1.807) is 6.08 Å². The topological polar surface area (TPSA) is 35.5 Å². The van der Waals surface area contributed by atoms with Crippen molar-refractivity contribution < 1.29 is 14.3 Å². The third kappa shape index (κ3) is 4.02. The molecule has 0 atom stereocenters. The van der Waals surface area contributed by atoms with Gasteiger partial charge in [-0.25, -0.2) is 4.79 Å². The first kappa shape index (κ1) is 15.8. The standard InChI is InChI=1S/C21H18O3/c1-23-21(22)12-8-16-7-9-19-14-20(11-10-18(19)13-16)24-15-17-5-3-2-4-6-17/h2-14H,15H2,1H3. The number of carbonyl (C=O) groups excluding carboxylic acids is 1. The van der Waals surface area contributed by atoms with Gasteiger partial charge in [-0.05, 0) is 46.2 Å². The van der Waals surface area contributed by atoms with Crippen LogP contribution in [0.5, 0.6) is 5.75 Å². The Balaban J connectivity index is 1.74. The largest absolute Gasteiger partial charge is 0.489 e. The summed E-state index contributed by atoms with van der Waals surface area (Å²) >= 11 is 0. The molecule has 0 bridgehead atoms. The first-order chi connectivity index (χ1) is 11.7. The van der Waals surface area contributed by atoms with Crippen molar-refractivity contribution in [1.29, 1.82) is 0 Å². The Labute approximate surface area is 141 Å². The number of fused-ring (bicyclic) bond motifs is 1. The number of hydrogen-bond donors (Lipinski definition) is 0. The van der Waals surface area contributed by atoms with Gasteiger partial charge in [0.15, 0.2) is 0 Å². The van der Waals surface area contributed by atoms with Crippen LogP contribution in [0.4, 0.5) is 0 Å². The molecule has 3 rings (SSSR count). The van der Waals surface area contributed by atoms with Gasteiger partial charge in [0.25, 0.3) is 0 Å². The second-order valence-electron chi connectivity index (χ2n) is 5.40. The molecule has 0 aromatic heterocycles. The van der Waals surface area contributed by atoms with Gasteiger partial charge in [0, 0.05) is 6.08 Å². The molecule has 0 amide bonds. The maximum Gasteiger partial charge on any atom is 0.330 e. The van der Waals surface area contributed by atoms with Crippen LogP contribution >= 0.6 is 0 Å². The minimum atomic E-state index is -0.361. The van der Waals surface area contributed by atoms with Gasteiger partial charge in [0.2, 0.25) is 0 Å². The lowest BCUT2D eigenvalue weighted by molar-refractivity contribution is -0.134. The van der Waals surface area contributed by atoms with E-state index in [1.807, 2.05) is 66.7 Å².